The number of methoxy groups -OCH3 is 1. The summed E-state index contributed by atoms with van der Waals surface area (Å²) in [4.78, 5) is 8.51. The van der Waals surface area contributed by atoms with Gasteiger partial charge in [0.25, 0.3) is 0 Å². The number of alkyl halides is 2. The highest BCUT2D eigenvalue weighted by Crippen LogP contribution is 2.41. The molecule has 1 unspecified atom stereocenters. The van der Waals surface area contributed by atoms with Crippen molar-refractivity contribution in [3.8, 4) is 0 Å². The Morgan fingerprint density at radius 2 is 2.21 bits per heavy atom. The molecule has 1 aromatic heterocycles. The minimum Gasteiger partial charge on any atom is -0.378 e. The Balaban J connectivity index is 2.29. The molecule has 19 heavy (non-hydrogen) atoms. The molecule has 0 amide bonds. The van der Waals surface area contributed by atoms with E-state index < -0.39 is 5.92 Å². The highest BCUT2D eigenvalue weighted by atomic mass is 127. The van der Waals surface area contributed by atoms with Crippen LogP contribution in [0.25, 0.3) is 0 Å². The predicted octanol–water partition coefficient (Wildman–Crippen LogP) is 4.17. The molecule has 1 atom stereocenters. The van der Waals surface area contributed by atoms with Crippen LogP contribution >= 0.6 is 34.2 Å². The van der Waals surface area contributed by atoms with Crippen molar-refractivity contribution in [1.82, 2.24) is 9.97 Å². The van der Waals surface area contributed by atoms with Crippen molar-refractivity contribution in [2.75, 3.05) is 7.11 Å². The van der Waals surface area contributed by atoms with Gasteiger partial charge in [-0.25, -0.2) is 18.7 Å². The second kappa shape index (κ2) is 6.13. The molecular formula is C12H14ClF2IN2O. The number of ether oxygens (including phenoxy) is 1. The van der Waals surface area contributed by atoms with Crippen LogP contribution < -0.4 is 0 Å². The first-order valence-electron chi connectivity index (χ1n) is 6.01. The molecule has 1 aliphatic rings. The number of rotatable bonds is 3. The van der Waals surface area contributed by atoms with E-state index in [1.165, 1.54) is 0 Å². The van der Waals surface area contributed by atoms with E-state index in [1.54, 1.807) is 7.11 Å². The van der Waals surface area contributed by atoms with Gasteiger partial charge >= 0.3 is 0 Å². The molecule has 0 spiro atoms. The average molecular weight is 403 g/mol. The van der Waals surface area contributed by atoms with Gasteiger partial charge in [-0.05, 0) is 35.4 Å². The molecule has 1 aliphatic carbocycles. The molecule has 0 bridgehead atoms. The van der Waals surface area contributed by atoms with Gasteiger partial charge in [-0.15, -0.1) is 0 Å². The maximum absolute atomic E-state index is 13.5. The molecule has 1 heterocycles. The normalized spacial score (nSPS) is 22.5. The van der Waals surface area contributed by atoms with Crippen LogP contribution in [0.2, 0.25) is 5.15 Å². The lowest BCUT2D eigenvalue weighted by molar-refractivity contribution is -0.0417. The third-order valence-electron chi connectivity index (χ3n) is 3.18. The number of hydrogen-bond donors (Lipinski definition) is 0. The lowest BCUT2D eigenvalue weighted by Gasteiger charge is -2.28. The minimum atomic E-state index is -2.62. The molecule has 1 aromatic rings. The SMILES string of the molecule is COCc1nc(C2CCCC(F)(F)C2)nc(Cl)c1I. The first kappa shape index (κ1) is 15.3. The largest absolute Gasteiger partial charge is 0.378 e. The smallest absolute Gasteiger partial charge is 0.248 e. The Hall–Kier alpha value is -0.0800. The van der Waals surface area contributed by atoms with E-state index in [9.17, 15) is 8.78 Å². The summed E-state index contributed by atoms with van der Waals surface area (Å²) in [5.74, 6) is -2.53. The molecule has 0 saturated heterocycles. The van der Waals surface area contributed by atoms with Crippen LogP contribution in [0.3, 0.4) is 0 Å². The Kier molecular flexibility index (Phi) is 4.94. The number of nitrogens with zero attached hydrogens (tertiary/aromatic N) is 2. The number of hydrogen-bond acceptors (Lipinski definition) is 3. The van der Waals surface area contributed by atoms with Gasteiger partial charge in [0, 0.05) is 25.9 Å². The number of halogens is 4. The fraction of sp³-hybridized carbons (Fsp3) is 0.667. The van der Waals surface area contributed by atoms with Crippen LogP contribution in [-0.2, 0) is 11.3 Å². The molecular weight excluding hydrogens is 388 g/mol. The minimum absolute atomic E-state index is 0.0491. The van der Waals surface area contributed by atoms with Gasteiger partial charge in [0.05, 0.1) is 15.9 Å². The lowest BCUT2D eigenvalue weighted by atomic mass is 9.86. The van der Waals surface area contributed by atoms with Crippen LogP contribution in [0.15, 0.2) is 0 Å². The highest BCUT2D eigenvalue weighted by Gasteiger charge is 2.38. The standard InChI is InChI=1S/C12H14ClF2IN2O/c1-19-6-8-9(16)10(13)18-11(17-8)7-3-2-4-12(14,15)5-7/h7H,2-6H2,1H3. The zero-order chi connectivity index (χ0) is 14.0. The fourth-order valence-corrected chi connectivity index (χ4v) is 2.88. The van der Waals surface area contributed by atoms with Crippen molar-refractivity contribution < 1.29 is 13.5 Å². The summed E-state index contributed by atoms with van der Waals surface area (Å²) < 4.78 is 32.7. The quantitative estimate of drug-likeness (QED) is 0.562. The molecule has 3 nitrogen and oxygen atoms in total. The monoisotopic (exact) mass is 402 g/mol. The molecule has 2 rings (SSSR count). The van der Waals surface area contributed by atoms with E-state index in [4.69, 9.17) is 16.3 Å². The van der Waals surface area contributed by atoms with Gasteiger partial charge in [0.1, 0.15) is 11.0 Å². The summed E-state index contributed by atoms with van der Waals surface area (Å²) >= 11 is 8.08. The van der Waals surface area contributed by atoms with E-state index in [1.807, 2.05) is 22.6 Å². The van der Waals surface area contributed by atoms with Crippen LogP contribution in [-0.4, -0.2) is 23.0 Å². The third-order valence-corrected chi connectivity index (χ3v) is 4.91. The zero-order valence-corrected chi connectivity index (χ0v) is 13.3. The van der Waals surface area contributed by atoms with E-state index in [0.29, 0.717) is 39.7 Å². The van der Waals surface area contributed by atoms with Crippen molar-refractivity contribution >= 4 is 34.2 Å². The Labute approximate surface area is 129 Å². The lowest BCUT2D eigenvalue weighted by Crippen LogP contribution is -2.26. The maximum atomic E-state index is 13.5. The summed E-state index contributed by atoms with van der Waals surface area (Å²) in [5.41, 5.74) is 0.659. The second-order valence-electron chi connectivity index (χ2n) is 4.72. The summed E-state index contributed by atoms with van der Waals surface area (Å²) in [7, 11) is 1.56. The topological polar surface area (TPSA) is 35.0 Å². The van der Waals surface area contributed by atoms with Crippen LogP contribution in [0.5, 0.6) is 0 Å². The Morgan fingerprint density at radius 1 is 1.47 bits per heavy atom. The van der Waals surface area contributed by atoms with E-state index in [2.05, 4.69) is 9.97 Å². The molecule has 0 aliphatic heterocycles. The van der Waals surface area contributed by atoms with Gasteiger partial charge in [0.2, 0.25) is 5.92 Å². The first-order valence-corrected chi connectivity index (χ1v) is 7.47. The third kappa shape index (κ3) is 3.72. The van der Waals surface area contributed by atoms with Gasteiger partial charge in [-0.1, -0.05) is 11.6 Å². The Bertz CT molecular complexity index is 473. The Morgan fingerprint density at radius 3 is 2.84 bits per heavy atom. The van der Waals surface area contributed by atoms with Gasteiger partial charge < -0.3 is 4.74 Å². The molecule has 0 N–H and O–H groups in total. The molecule has 1 fully saturated rings. The first-order chi connectivity index (χ1) is 8.93. The van der Waals surface area contributed by atoms with E-state index >= 15 is 0 Å². The van der Waals surface area contributed by atoms with E-state index in [-0.39, 0.29) is 18.8 Å². The second-order valence-corrected chi connectivity index (χ2v) is 6.15. The maximum Gasteiger partial charge on any atom is 0.248 e. The summed E-state index contributed by atoms with van der Waals surface area (Å²) in [6.45, 7) is 0.302. The highest BCUT2D eigenvalue weighted by molar-refractivity contribution is 14.1. The molecule has 0 radical (unpaired) electrons. The molecule has 1 saturated carbocycles. The fourth-order valence-electron chi connectivity index (χ4n) is 2.29. The van der Waals surface area contributed by atoms with Crippen LogP contribution in [0, 0.1) is 3.57 Å². The zero-order valence-electron chi connectivity index (χ0n) is 10.4. The van der Waals surface area contributed by atoms with Gasteiger partial charge in [-0.2, -0.15) is 0 Å². The van der Waals surface area contributed by atoms with Crippen LogP contribution in [0.1, 0.15) is 43.1 Å². The molecule has 7 heteroatoms. The van der Waals surface area contributed by atoms with Crippen molar-refractivity contribution in [2.45, 2.75) is 44.1 Å². The summed E-state index contributed by atoms with van der Waals surface area (Å²) in [6.07, 6.45) is 0.923. The van der Waals surface area contributed by atoms with Gasteiger partial charge in [-0.3, -0.25) is 0 Å². The van der Waals surface area contributed by atoms with Crippen molar-refractivity contribution in [2.24, 2.45) is 0 Å². The predicted molar refractivity (Wildman–Crippen MR) is 76.6 cm³/mol. The molecule has 0 aromatic carbocycles. The summed E-state index contributed by atoms with van der Waals surface area (Å²) in [6, 6.07) is 0. The number of aromatic nitrogens is 2. The van der Waals surface area contributed by atoms with Crippen LogP contribution in [0.4, 0.5) is 8.78 Å². The van der Waals surface area contributed by atoms with Crippen molar-refractivity contribution in [1.29, 1.82) is 0 Å². The van der Waals surface area contributed by atoms with Crippen molar-refractivity contribution in [3.05, 3.63) is 20.2 Å². The summed E-state index contributed by atoms with van der Waals surface area (Å²) in [5, 5.41) is 0.312. The van der Waals surface area contributed by atoms with Gasteiger partial charge in [0.15, 0.2) is 0 Å². The average Bonchev–Trinajstić information content (AvgIpc) is 2.33. The van der Waals surface area contributed by atoms with Crippen molar-refractivity contribution in [3.63, 3.8) is 0 Å². The molecule has 106 valence electrons. The van der Waals surface area contributed by atoms with E-state index in [0.717, 1.165) is 0 Å².